The second-order valence-electron chi connectivity index (χ2n) is 5.02. The van der Waals surface area contributed by atoms with Gasteiger partial charge in [-0.3, -0.25) is 0 Å². The Bertz CT molecular complexity index is 511. The van der Waals surface area contributed by atoms with Crippen molar-refractivity contribution in [2.45, 2.75) is 18.8 Å². The maximum atomic E-state index is 5.60. The highest BCUT2D eigenvalue weighted by molar-refractivity contribution is 5.45. The van der Waals surface area contributed by atoms with Gasteiger partial charge in [-0.25, -0.2) is 4.98 Å². The van der Waals surface area contributed by atoms with Crippen molar-refractivity contribution in [2.75, 3.05) is 26.2 Å². The second kappa shape index (κ2) is 5.08. The van der Waals surface area contributed by atoms with Gasteiger partial charge in [-0.05, 0) is 38.1 Å². The van der Waals surface area contributed by atoms with Gasteiger partial charge in [0, 0.05) is 25.2 Å². The first-order valence-corrected chi connectivity index (χ1v) is 6.73. The van der Waals surface area contributed by atoms with Crippen LogP contribution in [0.15, 0.2) is 30.6 Å². The monoisotopic (exact) mass is 244 g/mol. The average Bonchev–Trinajstić information content (AvgIpc) is 2.84. The van der Waals surface area contributed by atoms with Gasteiger partial charge in [0.15, 0.2) is 0 Å². The Morgan fingerprint density at radius 1 is 1.28 bits per heavy atom. The van der Waals surface area contributed by atoms with Gasteiger partial charge in [0.1, 0.15) is 5.82 Å². The zero-order chi connectivity index (χ0) is 12.4. The van der Waals surface area contributed by atoms with E-state index in [1.807, 2.05) is 6.20 Å². The van der Waals surface area contributed by atoms with Crippen LogP contribution in [0.3, 0.4) is 0 Å². The van der Waals surface area contributed by atoms with Crippen LogP contribution in [0, 0.1) is 0 Å². The molecule has 4 heteroatoms. The minimum atomic E-state index is 0.587. The SMILES string of the molecule is NCCN1CCC(c2ncc3ccccn23)CC1. The summed E-state index contributed by atoms with van der Waals surface area (Å²) < 4.78 is 2.23. The molecule has 0 spiro atoms. The highest BCUT2D eigenvalue weighted by Crippen LogP contribution is 2.27. The molecular formula is C14H20N4. The van der Waals surface area contributed by atoms with Gasteiger partial charge in [-0.1, -0.05) is 6.07 Å². The third kappa shape index (κ3) is 2.13. The summed E-state index contributed by atoms with van der Waals surface area (Å²) in [6.07, 6.45) is 6.47. The number of hydrogen-bond acceptors (Lipinski definition) is 3. The topological polar surface area (TPSA) is 46.6 Å². The molecule has 0 amide bonds. The summed E-state index contributed by atoms with van der Waals surface area (Å²) >= 11 is 0. The van der Waals surface area contributed by atoms with Crippen LogP contribution in [0.25, 0.3) is 5.52 Å². The molecule has 1 saturated heterocycles. The third-order valence-corrected chi connectivity index (χ3v) is 3.87. The summed E-state index contributed by atoms with van der Waals surface area (Å²) in [5.41, 5.74) is 6.80. The van der Waals surface area contributed by atoms with Gasteiger partial charge in [0.2, 0.25) is 0 Å². The largest absolute Gasteiger partial charge is 0.329 e. The second-order valence-corrected chi connectivity index (χ2v) is 5.02. The minimum Gasteiger partial charge on any atom is -0.329 e. The number of nitrogens with two attached hydrogens (primary N) is 1. The number of piperidine rings is 1. The normalized spacial score (nSPS) is 18.5. The van der Waals surface area contributed by atoms with E-state index in [0.717, 1.165) is 26.2 Å². The Labute approximate surface area is 107 Å². The summed E-state index contributed by atoms with van der Waals surface area (Å²) in [4.78, 5) is 7.06. The van der Waals surface area contributed by atoms with Crippen molar-refractivity contribution in [1.82, 2.24) is 14.3 Å². The highest BCUT2D eigenvalue weighted by Gasteiger charge is 2.23. The van der Waals surface area contributed by atoms with E-state index < -0.39 is 0 Å². The molecular weight excluding hydrogens is 224 g/mol. The standard InChI is InChI=1S/C14H20N4/c15-6-10-17-8-4-12(5-9-17)14-16-11-13-3-1-2-7-18(13)14/h1-3,7,11-12H,4-6,8-10,15H2. The first kappa shape index (κ1) is 11.7. The van der Waals surface area contributed by atoms with Gasteiger partial charge >= 0.3 is 0 Å². The molecule has 96 valence electrons. The number of nitrogens with zero attached hydrogens (tertiary/aromatic N) is 3. The fourth-order valence-electron chi connectivity index (χ4n) is 2.86. The zero-order valence-electron chi connectivity index (χ0n) is 10.6. The molecule has 3 heterocycles. The molecule has 1 aliphatic rings. The molecule has 0 radical (unpaired) electrons. The average molecular weight is 244 g/mol. The minimum absolute atomic E-state index is 0.587. The van der Waals surface area contributed by atoms with Crippen LogP contribution < -0.4 is 5.73 Å². The maximum absolute atomic E-state index is 5.60. The molecule has 2 aromatic rings. The van der Waals surface area contributed by atoms with Gasteiger partial charge in [-0.15, -0.1) is 0 Å². The van der Waals surface area contributed by atoms with Crippen LogP contribution >= 0.6 is 0 Å². The number of rotatable bonds is 3. The number of pyridine rings is 1. The molecule has 3 rings (SSSR count). The van der Waals surface area contributed by atoms with Crippen molar-refractivity contribution >= 4 is 5.52 Å². The number of fused-ring (bicyclic) bond motifs is 1. The van der Waals surface area contributed by atoms with Crippen LogP contribution in [-0.2, 0) is 0 Å². The number of aromatic nitrogens is 2. The fraction of sp³-hybridized carbons (Fsp3) is 0.500. The third-order valence-electron chi connectivity index (χ3n) is 3.87. The van der Waals surface area contributed by atoms with Crippen LogP contribution in [0.4, 0.5) is 0 Å². The molecule has 0 aromatic carbocycles. The number of likely N-dealkylation sites (tertiary alicyclic amines) is 1. The Balaban J connectivity index is 1.76. The Kier molecular flexibility index (Phi) is 3.30. The summed E-state index contributed by atoms with van der Waals surface area (Å²) in [6.45, 7) is 4.07. The van der Waals surface area contributed by atoms with Crippen LogP contribution in [0.2, 0.25) is 0 Å². The van der Waals surface area contributed by atoms with E-state index in [1.54, 1.807) is 0 Å². The predicted octanol–water partition coefficient (Wildman–Crippen LogP) is 1.47. The molecule has 0 saturated carbocycles. The molecule has 1 fully saturated rings. The molecule has 4 nitrogen and oxygen atoms in total. The number of imidazole rings is 1. The van der Waals surface area contributed by atoms with Crippen molar-refractivity contribution in [2.24, 2.45) is 5.73 Å². The first-order valence-electron chi connectivity index (χ1n) is 6.73. The predicted molar refractivity (Wildman–Crippen MR) is 72.7 cm³/mol. The maximum Gasteiger partial charge on any atom is 0.116 e. The summed E-state index contributed by atoms with van der Waals surface area (Å²) in [6, 6.07) is 6.24. The van der Waals surface area contributed by atoms with E-state index in [4.69, 9.17) is 5.73 Å². The molecule has 0 bridgehead atoms. The van der Waals surface area contributed by atoms with Crippen molar-refractivity contribution in [3.8, 4) is 0 Å². The summed E-state index contributed by atoms with van der Waals surface area (Å²) in [5, 5.41) is 0. The molecule has 0 atom stereocenters. The van der Waals surface area contributed by atoms with E-state index in [0.29, 0.717) is 5.92 Å². The quantitative estimate of drug-likeness (QED) is 0.889. The summed E-state index contributed by atoms with van der Waals surface area (Å²) in [7, 11) is 0. The van der Waals surface area contributed by atoms with E-state index in [2.05, 4.69) is 38.7 Å². The molecule has 2 N–H and O–H groups in total. The van der Waals surface area contributed by atoms with E-state index >= 15 is 0 Å². The lowest BCUT2D eigenvalue weighted by Gasteiger charge is -2.30. The van der Waals surface area contributed by atoms with E-state index in [9.17, 15) is 0 Å². The molecule has 1 aliphatic heterocycles. The smallest absolute Gasteiger partial charge is 0.116 e. The highest BCUT2D eigenvalue weighted by atomic mass is 15.1. The van der Waals surface area contributed by atoms with Crippen LogP contribution in [-0.4, -0.2) is 40.5 Å². The van der Waals surface area contributed by atoms with Crippen molar-refractivity contribution in [3.05, 3.63) is 36.4 Å². The molecule has 0 unspecified atom stereocenters. The van der Waals surface area contributed by atoms with Gasteiger partial charge < -0.3 is 15.0 Å². The molecule has 2 aromatic heterocycles. The zero-order valence-corrected chi connectivity index (χ0v) is 10.6. The number of hydrogen-bond donors (Lipinski definition) is 1. The van der Waals surface area contributed by atoms with E-state index in [1.165, 1.54) is 24.2 Å². The van der Waals surface area contributed by atoms with Crippen molar-refractivity contribution in [3.63, 3.8) is 0 Å². The first-order chi connectivity index (χ1) is 8.88. The Morgan fingerprint density at radius 3 is 2.89 bits per heavy atom. The van der Waals surface area contributed by atoms with Gasteiger partial charge in [-0.2, -0.15) is 0 Å². The van der Waals surface area contributed by atoms with E-state index in [-0.39, 0.29) is 0 Å². The lowest BCUT2D eigenvalue weighted by atomic mass is 9.96. The Morgan fingerprint density at radius 2 is 2.11 bits per heavy atom. The Hall–Kier alpha value is -1.39. The summed E-state index contributed by atoms with van der Waals surface area (Å²) in [5.74, 6) is 1.81. The molecule has 0 aliphatic carbocycles. The van der Waals surface area contributed by atoms with Crippen molar-refractivity contribution in [1.29, 1.82) is 0 Å². The molecule has 18 heavy (non-hydrogen) atoms. The van der Waals surface area contributed by atoms with Gasteiger partial charge in [0.05, 0.1) is 11.7 Å². The van der Waals surface area contributed by atoms with Crippen LogP contribution in [0.5, 0.6) is 0 Å². The lowest BCUT2D eigenvalue weighted by Crippen LogP contribution is -2.36. The van der Waals surface area contributed by atoms with Gasteiger partial charge in [0.25, 0.3) is 0 Å². The van der Waals surface area contributed by atoms with Crippen LogP contribution in [0.1, 0.15) is 24.6 Å². The van der Waals surface area contributed by atoms with Crippen molar-refractivity contribution < 1.29 is 0 Å². The lowest BCUT2D eigenvalue weighted by molar-refractivity contribution is 0.214. The fourth-order valence-corrected chi connectivity index (χ4v) is 2.86.